The highest BCUT2D eigenvalue weighted by Crippen LogP contribution is 2.16. The van der Waals surface area contributed by atoms with Crippen LogP contribution in [0, 0.1) is 0 Å². The van der Waals surface area contributed by atoms with E-state index in [9.17, 15) is 0 Å². The highest BCUT2D eigenvalue weighted by Gasteiger charge is 2.19. The van der Waals surface area contributed by atoms with Gasteiger partial charge < -0.3 is 0 Å². The van der Waals surface area contributed by atoms with Crippen molar-refractivity contribution in [3.8, 4) is 0 Å². The van der Waals surface area contributed by atoms with Crippen molar-refractivity contribution in [2.45, 2.75) is 58.6 Å². The Hall–Kier alpha value is 1.02. The summed E-state index contributed by atoms with van der Waals surface area (Å²) in [5, 5.41) is 0. The molecule has 0 aliphatic rings. The molecule has 0 aliphatic carbocycles. The van der Waals surface area contributed by atoms with Crippen LogP contribution in [0.5, 0.6) is 0 Å². The van der Waals surface area contributed by atoms with Crippen molar-refractivity contribution in [3.63, 3.8) is 0 Å². The van der Waals surface area contributed by atoms with Crippen LogP contribution in [0.3, 0.4) is 0 Å². The van der Waals surface area contributed by atoms with E-state index >= 15 is 0 Å². The van der Waals surface area contributed by atoms with Gasteiger partial charge in [0.25, 0.3) is 0 Å². The molecule has 0 N–H and O–H groups in total. The van der Waals surface area contributed by atoms with Gasteiger partial charge in [-0.05, 0) is 34.1 Å². The third-order valence-electron chi connectivity index (χ3n) is 1.85. The van der Waals surface area contributed by atoms with Crippen LogP contribution in [0.4, 0.5) is 0 Å². The summed E-state index contributed by atoms with van der Waals surface area (Å²) in [6.45, 7) is 10.9. The Morgan fingerprint density at radius 1 is 1.08 bits per heavy atom. The van der Waals surface area contributed by atoms with Crippen molar-refractivity contribution in [2.24, 2.45) is 0 Å². The summed E-state index contributed by atoms with van der Waals surface area (Å²) in [5.41, 5.74) is 0.190. The second-order valence-corrected chi connectivity index (χ2v) is 3.98. The van der Waals surface area contributed by atoms with Crippen molar-refractivity contribution in [1.29, 1.82) is 0 Å². The van der Waals surface area contributed by atoms with Crippen molar-refractivity contribution < 1.29 is 0 Å². The van der Waals surface area contributed by atoms with Gasteiger partial charge in [-0.1, -0.05) is 6.92 Å². The number of hydrogen-bond donors (Lipinski definition) is 0. The van der Waals surface area contributed by atoms with Crippen LogP contribution in [0.1, 0.15) is 41.0 Å². The Balaban J connectivity index is 0. The van der Waals surface area contributed by atoms with E-state index in [0.29, 0.717) is 12.1 Å². The smallest absolute Gasteiger partial charge is 0.283 e. The van der Waals surface area contributed by atoms with Gasteiger partial charge in [0.15, 0.2) is 0 Å². The molecule has 72 valence electrons. The summed E-state index contributed by atoms with van der Waals surface area (Å²) in [6, 6.07) is 1.08. The van der Waals surface area contributed by atoms with Crippen LogP contribution in [0.2, 0.25) is 0 Å². The predicted octanol–water partition coefficient (Wildman–Crippen LogP) is 2.16. The van der Waals surface area contributed by atoms with E-state index in [4.69, 9.17) is 11.6 Å². The molecular formula is C9H22ClMgN. The van der Waals surface area contributed by atoms with Crippen LogP contribution in [0.15, 0.2) is 0 Å². The van der Waals surface area contributed by atoms with Crippen molar-refractivity contribution >= 4 is 34.7 Å². The van der Waals surface area contributed by atoms with Gasteiger partial charge in [-0.3, -0.25) is 4.90 Å². The molecule has 0 rings (SSSR count). The average molecular weight is 204 g/mol. The first-order valence-corrected chi connectivity index (χ1v) is 4.85. The van der Waals surface area contributed by atoms with Crippen LogP contribution in [0.25, 0.3) is 0 Å². The van der Waals surface area contributed by atoms with Crippen molar-refractivity contribution in [2.75, 3.05) is 0 Å². The Morgan fingerprint density at radius 3 is 1.50 bits per heavy atom. The van der Waals surface area contributed by atoms with E-state index in [1.165, 1.54) is 0 Å². The predicted molar refractivity (Wildman–Crippen MR) is 60.6 cm³/mol. The SMILES string of the molecule is CCC(Cl)N(C(C)C)C(C)C.[MgH2]. The molecular weight excluding hydrogens is 182 g/mol. The zero-order valence-electron chi connectivity index (χ0n) is 8.26. The second-order valence-electron chi connectivity index (χ2n) is 3.48. The highest BCUT2D eigenvalue weighted by atomic mass is 35.5. The molecule has 0 saturated carbocycles. The van der Waals surface area contributed by atoms with E-state index < -0.39 is 0 Å². The summed E-state index contributed by atoms with van der Waals surface area (Å²) in [6.07, 6.45) is 1.01. The molecule has 0 radical (unpaired) electrons. The number of hydrogen-bond acceptors (Lipinski definition) is 1. The normalized spacial score (nSPS) is 13.8. The van der Waals surface area contributed by atoms with E-state index in [0.717, 1.165) is 6.42 Å². The maximum atomic E-state index is 6.15. The molecule has 0 amide bonds. The van der Waals surface area contributed by atoms with Gasteiger partial charge in [0.2, 0.25) is 0 Å². The summed E-state index contributed by atoms with van der Waals surface area (Å²) in [4.78, 5) is 2.32. The van der Waals surface area contributed by atoms with Crippen LogP contribution < -0.4 is 0 Å². The summed E-state index contributed by atoms with van der Waals surface area (Å²) in [5.74, 6) is 0. The monoisotopic (exact) mass is 203 g/mol. The minimum absolute atomic E-state index is 0. The molecule has 12 heavy (non-hydrogen) atoms. The van der Waals surface area contributed by atoms with Gasteiger partial charge in [0, 0.05) is 12.1 Å². The zero-order valence-corrected chi connectivity index (χ0v) is 9.02. The lowest BCUT2D eigenvalue weighted by Gasteiger charge is -2.34. The van der Waals surface area contributed by atoms with Crippen LogP contribution in [-0.4, -0.2) is 45.5 Å². The van der Waals surface area contributed by atoms with Crippen LogP contribution >= 0.6 is 11.6 Å². The molecule has 0 fully saturated rings. The lowest BCUT2D eigenvalue weighted by atomic mass is 10.2. The van der Waals surface area contributed by atoms with Gasteiger partial charge in [0.05, 0.1) is 5.50 Å². The fraction of sp³-hybridized carbons (Fsp3) is 1.00. The quantitative estimate of drug-likeness (QED) is 0.385. The number of alkyl halides is 1. The molecule has 0 aromatic carbocycles. The molecule has 0 heterocycles. The first-order chi connectivity index (χ1) is 5.00. The van der Waals surface area contributed by atoms with E-state index in [1.54, 1.807) is 0 Å². The Labute approximate surface area is 98.0 Å². The maximum Gasteiger partial charge on any atom is 0.316 e. The van der Waals surface area contributed by atoms with Gasteiger partial charge in [-0.25, -0.2) is 0 Å². The van der Waals surface area contributed by atoms with Gasteiger partial charge in [-0.2, -0.15) is 0 Å². The maximum absolute atomic E-state index is 6.15. The molecule has 1 nitrogen and oxygen atoms in total. The number of halogens is 1. The molecule has 3 heteroatoms. The van der Waals surface area contributed by atoms with E-state index in [2.05, 4.69) is 39.5 Å². The fourth-order valence-corrected chi connectivity index (χ4v) is 1.90. The van der Waals surface area contributed by atoms with Gasteiger partial charge >= 0.3 is 23.1 Å². The van der Waals surface area contributed by atoms with Gasteiger partial charge in [0.1, 0.15) is 0 Å². The Bertz CT molecular complexity index is 98.7. The molecule has 0 aromatic heterocycles. The first-order valence-electron chi connectivity index (χ1n) is 4.42. The molecule has 0 aliphatic heterocycles. The Morgan fingerprint density at radius 2 is 1.42 bits per heavy atom. The van der Waals surface area contributed by atoms with Gasteiger partial charge in [-0.15, -0.1) is 11.6 Å². The zero-order chi connectivity index (χ0) is 9.02. The topological polar surface area (TPSA) is 3.24 Å². The molecule has 1 atom stereocenters. The summed E-state index contributed by atoms with van der Waals surface area (Å²) >= 11 is 6.15. The number of nitrogens with zero attached hydrogens (tertiary/aromatic N) is 1. The average Bonchev–Trinajstić information content (AvgIpc) is 1.85. The molecule has 0 saturated heterocycles. The minimum atomic E-state index is 0. The standard InChI is InChI=1S/C9H20ClN.Mg.2H/c1-6-9(10)11(7(2)3)8(4)5;;;/h7-9H,6H2,1-5H3;;;. The van der Waals surface area contributed by atoms with Crippen molar-refractivity contribution in [1.82, 2.24) is 4.90 Å². The second kappa shape index (κ2) is 7.42. The summed E-state index contributed by atoms with van der Waals surface area (Å²) in [7, 11) is 0. The Kier molecular flexibility index (Phi) is 9.58. The van der Waals surface area contributed by atoms with E-state index in [1.807, 2.05) is 0 Å². The third kappa shape index (κ3) is 4.90. The molecule has 1 unspecified atom stereocenters. The van der Waals surface area contributed by atoms with Crippen molar-refractivity contribution in [3.05, 3.63) is 0 Å². The number of rotatable bonds is 4. The minimum Gasteiger partial charge on any atom is -0.283 e. The largest absolute Gasteiger partial charge is 0.316 e. The lowest BCUT2D eigenvalue weighted by Crippen LogP contribution is -2.42. The van der Waals surface area contributed by atoms with Crippen LogP contribution in [-0.2, 0) is 0 Å². The molecule has 0 bridgehead atoms. The molecule has 0 spiro atoms. The first kappa shape index (κ1) is 15.5. The summed E-state index contributed by atoms with van der Waals surface area (Å²) < 4.78 is 0. The van der Waals surface area contributed by atoms with E-state index in [-0.39, 0.29) is 28.6 Å². The molecule has 0 aromatic rings. The lowest BCUT2D eigenvalue weighted by molar-refractivity contribution is 0.153. The highest BCUT2D eigenvalue weighted by molar-refractivity contribution is 6.20. The fourth-order valence-electron chi connectivity index (χ4n) is 1.45. The third-order valence-corrected chi connectivity index (χ3v) is 2.39.